The van der Waals surface area contributed by atoms with Gasteiger partial charge >= 0.3 is 0 Å². The number of aliphatic imine (C=N–C) groups is 1. The summed E-state index contributed by atoms with van der Waals surface area (Å²) in [4.78, 5) is 18.1. The highest BCUT2D eigenvalue weighted by atomic mass is 16.5. The fourth-order valence-electron chi connectivity index (χ4n) is 2.69. The van der Waals surface area contributed by atoms with Crippen molar-refractivity contribution in [3.8, 4) is 0 Å². The van der Waals surface area contributed by atoms with Crippen molar-refractivity contribution in [1.82, 2.24) is 4.90 Å². The van der Waals surface area contributed by atoms with Crippen LogP contribution < -0.4 is 0 Å². The van der Waals surface area contributed by atoms with Gasteiger partial charge in [0.15, 0.2) is 5.90 Å². The number of hydrogen-bond donors (Lipinski definition) is 0. The van der Waals surface area contributed by atoms with Gasteiger partial charge in [-0.05, 0) is 26.2 Å². The molecule has 2 aliphatic rings. The van der Waals surface area contributed by atoms with E-state index in [1.165, 1.54) is 0 Å². The van der Waals surface area contributed by atoms with E-state index >= 15 is 0 Å². The summed E-state index contributed by atoms with van der Waals surface area (Å²) in [5, 5.41) is 0. The number of hydrogen-bond acceptors (Lipinski definition) is 3. The zero-order valence-corrected chi connectivity index (χ0v) is 10.1. The molecule has 2 fully saturated rings. The molecule has 0 saturated carbocycles. The average Bonchev–Trinajstić information content (AvgIpc) is 2.60. The summed E-state index contributed by atoms with van der Waals surface area (Å²) < 4.78 is 5.35. The Bertz CT molecular complexity index is 301. The Balaban J connectivity index is 1.92. The quantitative estimate of drug-likeness (QED) is 0.528. The molecule has 2 aliphatic heterocycles. The van der Waals surface area contributed by atoms with Crippen molar-refractivity contribution < 1.29 is 9.53 Å². The van der Waals surface area contributed by atoms with Crippen LogP contribution in [0.4, 0.5) is 0 Å². The monoisotopic (exact) mass is 224 g/mol. The number of carbonyl (C=O) groups is 1. The molecule has 4 heteroatoms. The molecule has 2 saturated heterocycles. The molecule has 0 unspecified atom stereocenters. The van der Waals surface area contributed by atoms with Gasteiger partial charge in [0.05, 0.1) is 12.6 Å². The van der Waals surface area contributed by atoms with E-state index < -0.39 is 0 Å². The highest BCUT2D eigenvalue weighted by molar-refractivity contribution is 5.79. The molecule has 2 rings (SSSR count). The molecule has 16 heavy (non-hydrogen) atoms. The van der Waals surface area contributed by atoms with Crippen molar-refractivity contribution in [3.05, 3.63) is 0 Å². The van der Waals surface area contributed by atoms with Crippen LogP contribution in [0.2, 0.25) is 0 Å². The van der Waals surface area contributed by atoms with Gasteiger partial charge < -0.3 is 9.64 Å². The van der Waals surface area contributed by atoms with Crippen molar-refractivity contribution >= 4 is 11.8 Å². The zero-order valence-electron chi connectivity index (χ0n) is 10.1. The van der Waals surface area contributed by atoms with Gasteiger partial charge in [0.2, 0.25) is 5.91 Å². The lowest BCUT2D eigenvalue weighted by Crippen LogP contribution is -2.41. The number of carbonyl (C=O) groups excluding carboxylic acids is 1. The standard InChI is InChI=1S/C12H20N2O2/c1-3-16-9(2)13-10-6-7-14-11(8-10)4-5-12(14)15/h10-11H,3-8H2,1-2H3/t10-,11-/m1/s1. The third-order valence-electron chi connectivity index (χ3n) is 3.42. The van der Waals surface area contributed by atoms with E-state index in [0.717, 1.165) is 38.1 Å². The number of fused-ring (bicyclic) bond motifs is 1. The second-order valence-corrected chi connectivity index (χ2v) is 4.54. The second-order valence-electron chi connectivity index (χ2n) is 4.54. The molecule has 90 valence electrons. The van der Waals surface area contributed by atoms with E-state index in [9.17, 15) is 4.79 Å². The third-order valence-corrected chi connectivity index (χ3v) is 3.42. The minimum atomic E-state index is 0.328. The number of piperidine rings is 1. The van der Waals surface area contributed by atoms with Crippen LogP contribution in [0, 0.1) is 0 Å². The minimum absolute atomic E-state index is 0.328. The minimum Gasteiger partial charge on any atom is -0.481 e. The lowest BCUT2D eigenvalue weighted by atomic mass is 9.98. The Morgan fingerprint density at radius 2 is 2.38 bits per heavy atom. The van der Waals surface area contributed by atoms with E-state index in [2.05, 4.69) is 4.99 Å². The number of ether oxygens (including phenoxy) is 1. The Kier molecular flexibility index (Phi) is 3.46. The smallest absolute Gasteiger partial charge is 0.222 e. The molecule has 0 aromatic heterocycles. The van der Waals surface area contributed by atoms with Crippen LogP contribution in [0.1, 0.15) is 39.5 Å². The van der Waals surface area contributed by atoms with Gasteiger partial charge in [0, 0.05) is 25.9 Å². The molecular formula is C12H20N2O2. The second kappa shape index (κ2) is 4.85. The highest BCUT2D eigenvalue weighted by Gasteiger charge is 2.36. The SMILES string of the molecule is CCOC(C)=N[C@@H]1CCN2C(=O)CC[C@@H]2C1. The first-order chi connectivity index (χ1) is 7.70. The Morgan fingerprint density at radius 3 is 3.12 bits per heavy atom. The Labute approximate surface area is 96.7 Å². The summed E-state index contributed by atoms with van der Waals surface area (Å²) in [6.45, 7) is 5.43. The predicted molar refractivity (Wildman–Crippen MR) is 62.5 cm³/mol. The summed E-state index contributed by atoms with van der Waals surface area (Å²) in [7, 11) is 0. The van der Waals surface area contributed by atoms with Crippen molar-refractivity contribution in [1.29, 1.82) is 0 Å². The topological polar surface area (TPSA) is 41.9 Å². The summed E-state index contributed by atoms with van der Waals surface area (Å²) in [6.07, 6.45) is 3.73. The largest absolute Gasteiger partial charge is 0.481 e. The lowest BCUT2D eigenvalue weighted by Gasteiger charge is -2.33. The van der Waals surface area contributed by atoms with Crippen LogP contribution in [0.25, 0.3) is 0 Å². The van der Waals surface area contributed by atoms with E-state index in [1.54, 1.807) is 0 Å². The van der Waals surface area contributed by atoms with Crippen molar-refractivity contribution in [2.45, 2.75) is 51.6 Å². The molecule has 0 aromatic carbocycles. The number of nitrogens with zero attached hydrogens (tertiary/aromatic N) is 2. The van der Waals surface area contributed by atoms with Gasteiger partial charge in [-0.2, -0.15) is 0 Å². The molecule has 2 atom stereocenters. The predicted octanol–water partition coefficient (Wildman–Crippen LogP) is 1.59. The molecule has 0 N–H and O–H groups in total. The molecule has 0 bridgehead atoms. The van der Waals surface area contributed by atoms with Crippen LogP contribution in [0.15, 0.2) is 4.99 Å². The Hall–Kier alpha value is -1.06. The third kappa shape index (κ3) is 2.36. The van der Waals surface area contributed by atoms with Gasteiger partial charge in [0.25, 0.3) is 0 Å². The van der Waals surface area contributed by atoms with Crippen molar-refractivity contribution in [3.63, 3.8) is 0 Å². The van der Waals surface area contributed by atoms with Crippen molar-refractivity contribution in [2.75, 3.05) is 13.2 Å². The first kappa shape index (κ1) is 11.4. The van der Waals surface area contributed by atoms with Crippen LogP contribution in [-0.4, -0.2) is 41.9 Å². The highest BCUT2D eigenvalue weighted by Crippen LogP contribution is 2.29. The van der Waals surface area contributed by atoms with Gasteiger partial charge in [-0.1, -0.05) is 0 Å². The lowest BCUT2D eigenvalue weighted by molar-refractivity contribution is -0.129. The van der Waals surface area contributed by atoms with Gasteiger partial charge in [-0.25, -0.2) is 0 Å². The summed E-state index contributed by atoms with van der Waals surface area (Å²) in [5.41, 5.74) is 0. The van der Waals surface area contributed by atoms with Crippen LogP contribution in [-0.2, 0) is 9.53 Å². The summed E-state index contributed by atoms with van der Waals surface area (Å²) >= 11 is 0. The van der Waals surface area contributed by atoms with E-state index in [0.29, 0.717) is 24.6 Å². The average molecular weight is 224 g/mol. The molecule has 0 radical (unpaired) electrons. The maximum atomic E-state index is 11.5. The van der Waals surface area contributed by atoms with Crippen LogP contribution in [0.3, 0.4) is 0 Å². The van der Waals surface area contributed by atoms with Crippen LogP contribution in [0.5, 0.6) is 0 Å². The summed E-state index contributed by atoms with van der Waals surface area (Å²) in [6, 6.07) is 0.781. The molecule has 1 amide bonds. The molecular weight excluding hydrogens is 204 g/mol. The molecule has 0 aromatic rings. The van der Waals surface area contributed by atoms with Crippen molar-refractivity contribution in [2.24, 2.45) is 4.99 Å². The fourth-order valence-corrected chi connectivity index (χ4v) is 2.69. The first-order valence-corrected chi connectivity index (χ1v) is 6.17. The maximum absolute atomic E-state index is 11.5. The molecule has 2 heterocycles. The normalized spacial score (nSPS) is 30.5. The van der Waals surface area contributed by atoms with Gasteiger partial charge in [-0.15, -0.1) is 0 Å². The molecule has 0 aliphatic carbocycles. The maximum Gasteiger partial charge on any atom is 0.222 e. The molecule has 4 nitrogen and oxygen atoms in total. The summed E-state index contributed by atoms with van der Waals surface area (Å²) in [5.74, 6) is 1.11. The van der Waals surface area contributed by atoms with E-state index in [4.69, 9.17) is 4.74 Å². The van der Waals surface area contributed by atoms with Crippen LogP contribution >= 0.6 is 0 Å². The van der Waals surface area contributed by atoms with E-state index in [1.807, 2.05) is 18.7 Å². The van der Waals surface area contributed by atoms with Gasteiger partial charge in [0.1, 0.15) is 0 Å². The molecule has 0 spiro atoms. The van der Waals surface area contributed by atoms with Gasteiger partial charge in [-0.3, -0.25) is 9.79 Å². The fraction of sp³-hybridized carbons (Fsp3) is 0.833. The zero-order chi connectivity index (χ0) is 11.5. The Morgan fingerprint density at radius 1 is 1.56 bits per heavy atom. The number of amides is 1. The van der Waals surface area contributed by atoms with E-state index in [-0.39, 0.29) is 0 Å². The first-order valence-electron chi connectivity index (χ1n) is 6.17. The number of rotatable bonds is 2.